The summed E-state index contributed by atoms with van der Waals surface area (Å²) in [6.45, 7) is 2.36. The highest BCUT2D eigenvalue weighted by Crippen LogP contribution is 2.36. The summed E-state index contributed by atoms with van der Waals surface area (Å²) in [5.74, 6) is 2.13. The average Bonchev–Trinajstić information content (AvgIpc) is 2.98. The summed E-state index contributed by atoms with van der Waals surface area (Å²) in [5, 5.41) is 0. The molecule has 4 aromatic rings. The first-order valence-corrected chi connectivity index (χ1v) is 14.7. The fourth-order valence-electron chi connectivity index (χ4n) is 4.70. The molecule has 210 valence electrons. The lowest BCUT2D eigenvalue weighted by atomic mass is 10.0. The second kappa shape index (κ2) is 15.2. The van der Waals surface area contributed by atoms with Gasteiger partial charge in [-0.1, -0.05) is 98.6 Å². The van der Waals surface area contributed by atoms with E-state index in [1.54, 1.807) is 21.3 Å². The zero-order valence-electron chi connectivity index (χ0n) is 23.1. The zero-order valence-corrected chi connectivity index (χ0v) is 26.3. The number of benzene rings is 4. The molecule has 0 aromatic heterocycles. The molecule has 7 heteroatoms. The molecule has 0 heterocycles. The van der Waals surface area contributed by atoms with Crippen LogP contribution in [0.2, 0.25) is 0 Å². The van der Waals surface area contributed by atoms with E-state index < -0.39 is 0 Å². The van der Waals surface area contributed by atoms with Gasteiger partial charge in [0.15, 0.2) is 0 Å². The van der Waals surface area contributed by atoms with Crippen LogP contribution in [-0.2, 0) is 30.9 Å². The van der Waals surface area contributed by atoms with Crippen molar-refractivity contribution in [2.24, 2.45) is 0 Å². The Morgan fingerprint density at radius 3 is 1.82 bits per heavy atom. The maximum atomic E-state index is 6.41. The number of methoxy groups -OCH3 is 3. The molecular formula is C33H35Br2NO4. The van der Waals surface area contributed by atoms with Crippen molar-refractivity contribution in [2.45, 2.75) is 32.2 Å². The predicted molar refractivity (Wildman–Crippen MR) is 167 cm³/mol. The summed E-state index contributed by atoms with van der Waals surface area (Å²) >= 11 is 7.42. The quantitative estimate of drug-likeness (QED) is 0.136. The monoisotopic (exact) mass is 667 g/mol. The van der Waals surface area contributed by atoms with Gasteiger partial charge in [0.05, 0.1) is 40.1 Å². The standard InChI is InChI=1S/C33H35Br2NO4/c1-37-28-18-32(38-2)29(33(19-28)39-3)21-36(20-25-13-7-9-15-30(25)34)27(17-24-11-5-4-6-12-24)23-40-22-26-14-8-10-16-31(26)35/h4-16,18-19,27H,17,20-23H2,1-3H3. The second-order valence-electron chi connectivity index (χ2n) is 9.46. The van der Waals surface area contributed by atoms with Crippen LogP contribution < -0.4 is 14.2 Å². The SMILES string of the molecule is COc1cc(OC)c(CN(Cc2ccccc2Br)C(COCc2ccccc2Br)Cc2ccccc2)c(OC)c1. The minimum Gasteiger partial charge on any atom is -0.496 e. The van der Waals surface area contributed by atoms with Crippen molar-refractivity contribution in [3.05, 3.63) is 122 Å². The molecule has 4 aromatic carbocycles. The topological polar surface area (TPSA) is 40.2 Å². The van der Waals surface area contributed by atoms with Crippen molar-refractivity contribution in [1.82, 2.24) is 4.90 Å². The number of halogens is 2. The number of hydrogen-bond acceptors (Lipinski definition) is 5. The Hall–Kier alpha value is -2.84. The number of ether oxygens (including phenoxy) is 4. The van der Waals surface area contributed by atoms with E-state index in [9.17, 15) is 0 Å². The van der Waals surface area contributed by atoms with Gasteiger partial charge >= 0.3 is 0 Å². The van der Waals surface area contributed by atoms with Crippen molar-refractivity contribution >= 4 is 31.9 Å². The molecule has 0 bridgehead atoms. The Morgan fingerprint density at radius 2 is 1.25 bits per heavy atom. The molecule has 0 amide bonds. The molecule has 1 unspecified atom stereocenters. The van der Waals surface area contributed by atoms with Gasteiger partial charge in [0.2, 0.25) is 0 Å². The van der Waals surface area contributed by atoms with Crippen molar-refractivity contribution in [2.75, 3.05) is 27.9 Å². The third-order valence-electron chi connectivity index (χ3n) is 6.87. The first-order chi connectivity index (χ1) is 19.5. The van der Waals surface area contributed by atoms with Gasteiger partial charge in [-0.05, 0) is 35.2 Å². The lowest BCUT2D eigenvalue weighted by molar-refractivity contribution is 0.0419. The second-order valence-corrected chi connectivity index (χ2v) is 11.2. The first kappa shape index (κ1) is 30.1. The largest absolute Gasteiger partial charge is 0.496 e. The maximum Gasteiger partial charge on any atom is 0.130 e. The lowest BCUT2D eigenvalue weighted by Gasteiger charge is -2.33. The Balaban J connectivity index is 1.70. The lowest BCUT2D eigenvalue weighted by Crippen LogP contribution is -2.39. The number of nitrogens with zero attached hydrogens (tertiary/aromatic N) is 1. The normalized spacial score (nSPS) is 11.8. The molecule has 0 N–H and O–H groups in total. The van der Waals surface area contributed by atoms with E-state index in [2.05, 4.69) is 85.3 Å². The zero-order chi connectivity index (χ0) is 28.3. The summed E-state index contributed by atoms with van der Waals surface area (Å²) in [7, 11) is 5.00. The first-order valence-electron chi connectivity index (χ1n) is 13.1. The number of hydrogen-bond donors (Lipinski definition) is 0. The van der Waals surface area contributed by atoms with Crippen molar-refractivity contribution in [3.63, 3.8) is 0 Å². The van der Waals surface area contributed by atoms with Crippen LogP contribution in [0.25, 0.3) is 0 Å². The molecule has 0 saturated heterocycles. The fourth-order valence-corrected chi connectivity index (χ4v) is 5.51. The molecule has 0 aliphatic heterocycles. The highest BCUT2D eigenvalue weighted by molar-refractivity contribution is 9.10. The summed E-state index contributed by atoms with van der Waals surface area (Å²) in [4.78, 5) is 2.44. The Labute approximate surface area is 254 Å². The van der Waals surface area contributed by atoms with Crippen LogP contribution in [0.5, 0.6) is 17.2 Å². The highest BCUT2D eigenvalue weighted by atomic mass is 79.9. The Bertz CT molecular complexity index is 1340. The van der Waals surface area contributed by atoms with Gasteiger partial charge in [-0.15, -0.1) is 0 Å². The van der Waals surface area contributed by atoms with Crippen molar-refractivity contribution in [1.29, 1.82) is 0 Å². The van der Waals surface area contributed by atoms with E-state index in [4.69, 9.17) is 18.9 Å². The molecule has 0 saturated carbocycles. The van der Waals surface area contributed by atoms with Crippen molar-refractivity contribution < 1.29 is 18.9 Å². The molecule has 0 aliphatic carbocycles. The van der Waals surface area contributed by atoms with Gasteiger partial charge in [-0.25, -0.2) is 0 Å². The molecule has 0 spiro atoms. The van der Waals surface area contributed by atoms with Crippen LogP contribution >= 0.6 is 31.9 Å². The number of rotatable bonds is 14. The van der Waals surface area contributed by atoms with E-state index in [0.29, 0.717) is 32.1 Å². The summed E-state index contributed by atoms with van der Waals surface area (Å²) < 4.78 is 25.7. The smallest absolute Gasteiger partial charge is 0.130 e. The summed E-state index contributed by atoms with van der Waals surface area (Å²) in [5.41, 5.74) is 4.53. The third kappa shape index (κ3) is 8.10. The molecule has 0 aliphatic rings. The highest BCUT2D eigenvalue weighted by Gasteiger charge is 2.25. The van der Waals surface area contributed by atoms with Crippen molar-refractivity contribution in [3.8, 4) is 17.2 Å². The van der Waals surface area contributed by atoms with Crippen LogP contribution in [0.4, 0.5) is 0 Å². The molecule has 1 atom stereocenters. The molecule has 40 heavy (non-hydrogen) atoms. The van der Waals surface area contributed by atoms with Crippen LogP contribution in [0.15, 0.2) is 99.9 Å². The van der Waals surface area contributed by atoms with E-state index in [0.717, 1.165) is 38.0 Å². The maximum absolute atomic E-state index is 6.41. The van der Waals surface area contributed by atoms with Crippen LogP contribution in [0, 0.1) is 0 Å². The van der Waals surface area contributed by atoms with E-state index >= 15 is 0 Å². The van der Waals surface area contributed by atoms with E-state index in [-0.39, 0.29) is 6.04 Å². The molecule has 0 radical (unpaired) electrons. The van der Waals surface area contributed by atoms with E-state index in [1.807, 2.05) is 42.5 Å². The van der Waals surface area contributed by atoms with Crippen LogP contribution in [0.1, 0.15) is 22.3 Å². The van der Waals surface area contributed by atoms with Gasteiger partial charge in [-0.2, -0.15) is 0 Å². The van der Waals surface area contributed by atoms with Gasteiger partial charge in [0.1, 0.15) is 17.2 Å². The minimum atomic E-state index is 0.0634. The average molecular weight is 669 g/mol. The van der Waals surface area contributed by atoms with Crippen LogP contribution in [-0.4, -0.2) is 38.9 Å². The minimum absolute atomic E-state index is 0.0634. The fraction of sp³-hybridized carbons (Fsp3) is 0.273. The Kier molecular flexibility index (Phi) is 11.5. The molecule has 4 rings (SSSR count). The van der Waals surface area contributed by atoms with Gasteiger partial charge < -0.3 is 18.9 Å². The summed E-state index contributed by atoms with van der Waals surface area (Å²) in [6.07, 6.45) is 0.821. The van der Waals surface area contributed by atoms with Crippen LogP contribution in [0.3, 0.4) is 0 Å². The van der Waals surface area contributed by atoms with Gasteiger partial charge in [0, 0.05) is 40.2 Å². The molecular weight excluding hydrogens is 634 g/mol. The van der Waals surface area contributed by atoms with E-state index in [1.165, 1.54) is 11.1 Å². The molecule has 5 nitrogen and oxygen atoms in total. The van der Waals surface area contributed by atoms with Gasteiger partial charge in [-0.3, -0.25) is 4.90 Å². The predicted octanol–water partition coefficient (Wildman–Crippen LogP) is 8.07. The third-order valence-corrected chi connectivity index (χ3v) is 8.41. The summed E-state index contributed by atoms with van der Waals surface area (Å²) in [6, 6.07) is 31.0. The molecule has 0 fully saturated rings. The van der Waals surface area contributed by atoms with Gasteiger partial charge in [0.25, 0.3) is 0 Å². The Morgan fingerprint density at radius 1 is 0.675 bits per heavy atom.